The van der Waals surface area contributed by atoms with E-state index >= 15 is 0 Å². The Morgan fingerprint density at radius 1 is 1.45 bits per heavy atom. The highest BCUT2D eigenvalue weighted by atomic mass is 32.1. The summed E-state index contributed by atoms with van der Waals surface area (Å²) < 4.78 is 0. The number of carbonyl (C=O) groups is 2. The van der Waals surface area contributed by atoms with Gasteiger partial charge in [-0.2, -0.15) is 0 Å². The molecule has 1 aliphatic rings. The Hall–Kier alpha value is -1.60. The first-order valence-corrected chi connectivity index (χ1v) is 7.44. The van der Waals surface area contributed by atoms with Gasteiger partial charge in [0.2, 0.25) is 0 Å². The van der Waals surface area contributed by atoms with Gasteiger partial charge in [-0.3, -0.25) is 5.32 Å². The number of urea groups is 1. The number of carboxylic acids is 1. The van der Waals surface area contributed by atoms with Crippen molar-refractivity contribution in [3.63, 3.8) is 0 Å². The van der Waals surface area contributed by atoms with Gasteiger partial charge in [0.25, 0.3) is 0 Å². The third-order valence-corrected chi connectivity index (χ3v) is 4.25. The third kappa shape index (κ3) is 3.29. The zero-order valence-corrected chi connectivity index (χ0v) is 12.4. The second-order valence-corrected chi connectivity index (χ2v) is 5.97. The van der Waals surface area contributed by atoms with E-state index < -0.39 is 5.97 Å². The summed E-state index contributed by atoms with van der Waals surface area (Å²) in [5, 5.41) is 13.8. The maximum absolute atomic E-state index is 12.3. The summed E-state index contributed by atoms with van der Waals surface area (Å²) in [5.74, 6) is -1.02. The summed E-state index contributed by atoms with van der Waals surface area (Å²) in [5.41, 5.74) is 0.142. The van der Waals surface area contributed by atoms with Gasteiger partial charge < -0.3 is 14.9 Å². The molecule has 1 unspecified atom stereocenters. The van der Waals surface area contributed by atoms with Crippen molar-refractivity contribution in [3.05, 3.63) is 17.0 Å². The SMILES string of the molecule is CC1CN(C)CCCN1C(=O)Nc1sccc1C(=O)O. The fourth-order valence-electron chi connectivity index (χ4n) is 2.42. The Morgan fingerprint density at radius 2 is 2.20 bits per heavy atom. The number of thiophene rings is 1. The number of amides is 2. The number of hydrogen-bond acceptors (Lipinski definition) is 4. The molecule has 1 fully saturated rings. The summed E-state index contributed by atoms with van der Waals surface area (Å²) in [6.07, 6.45) is 0.921. The molecule has 1 atom stereocenters. The maximum Gasteiger partial charge on any atom is 0.338 e. The van der Waals surface area contributed by atoms with Crippen molar-refractivity contribution in [2.45, 2.75) is 19.4 Å². The van der Waals surface area contributed by atoms with Crippen LogP contribution in [0, 0.1) is 0 Å². The van der Waals surface area contributed by atoms with E-state index in [-0.39, 0.29) is 17.6 Å². The van der Waals surface area contributed by atoms with Crippen molar-refractivity contribution in [1.82, 2.24) is 9.80 Å². The van der Waals surface area contributed by atoms with E-state index in [4.69, 9.17) is 5.11 Å². The standard InChI is InChI=1S/C13H19N3O3S/c1-9-8-15(2)5-3-6-16(9)13(19)14-11-10(12(17)18)4-7-20-11/h4,7,9H,3,5-6,8H2,1-2H3,(H,14,19)(H,17,18). The number of hydrogen-bond donors (Lipinski definition) is 2. The van der Waals surface area contributed by atoms with Gasteiger partial charge in [-0.25, -0.2) is 9.59 Å². The van der Waals surface area contributed by atoms with Crippen molar-refractivity contribution in [1.29, 1.82) is 0 Å². The number of carboxylic acid groups (broad SMARTS) is 1. The normalized spacial score (nSPS) is 20.5. The molecule has 0 aromatic carbocycles. The molecule has 110 valence electrons. The van der Waals surface area contributed by atoms with E-state index in [9.17, 15) is 9.59 Å². The number of nitrogens with zero attached hydrogens (tertiary/aromatic N) is 2. The zero-order chi connectivity index (χ0) is 14.7. The molecule has 6 nitrogen and oxygen atoms in total. The molecule has 0 spiro atoms. The van der Waals surface area contributed by atoms with E-state index in [0.717, 1.165) is 19.5 Å². The Balaban J connectivity index is 2.07. The van der Waals surface area contributed by atoms with Gasteiger partial charge in [0.1, 0.15) is 5.00 Å². The second-order valence-electron chi connectivity index (χ2n) is 5.06. The molecule has 2 rings (SSSR count). The number of nitrogens with one attached hydrogen (secondary N) is 1. The molecule has 7 heteroatoms. The van der Waals surface area contributed by atoms with E-state index in [1.165, 1.54) is 17.4 Å². The van der Waals surface area contributed by atoms with Gasteiger partial charge in [-0.05, 0) is 38.4 Å². The lowest BCUT2D eigenvalue weighted by atomic mass is 10.3. The molecule has 1 aromatic heterocycles. The largest absolute Gasteiger partial charge is 0.478 e. The number of likely N-dealkylation sites (N-methyl/N-ethyl adjacent to an activating group) is 1. The van der Waals surface area contributed by atoms with Crippen molar-refractivity contribution in [2.24, 2.45) is 0 Å². The molecule has 1 aliphatic heterocycles. The van der Waals surface area contributed by atoms with Crippen LogP contribution in [0.25, 0.3) is 0 Å². The first-order chi connectivity index (χ1) is 9.49. The highest BCUT2D eigenvalue weighted by Crippen LogP contribution is 2.24. The molecular formula is C13H19N3O3S. The van der Waals surface area contributed by atoms with Gasteiger partial charge in [0, 0.05) is 19.1 Å². The van der Waals surface area contributed by atoms with Crippen molar-refractivity contribution >= 4 is 28.3 Å². The van der Waals surface area contributed by atoms with E-state index in [1.54, 1.807) is 10.3 Å². The number of rotatable bonds is 2. The first kappa shape index (κ1) is 14.8. The molecule has 0 radical (unpaired) electrons. The van der Waals surface area contributed by atoms with Crippen LogP contribution in [0.5, 0.6) is 0 Å². The summed E-state index contributed by atoms with van der Waals surface area (Å²) in [6.45, 7) is 4.48. The van der Waals surface area contributed by atoms with Crippen molar-refractivity contribution in [2.75, 3.05) is 32.0 Å². The predicted molar refractivity (Wildman–Crippen MR) is 78.6 cm³/mol. The average molecular weight is 297 g/mol. The number of aromatic carboxylic acids is 1. The lowest BCUT2D eigenvalue weighted by Crippen LogP contribution is -2.44. The van der Waals surface area contributed by atoms with E-state index in [1.807, 2.05) is 14.0 Å². The fraction of sp³-hybridized carbons (Fsp3) is 0.538. The quantitative estimate of drug-likeness (QED) is 0.876. The van der Waals surface area contributed by atoms with Gasteiger partial charge in [0.05, 0.1) is 5.56 Å². The molecule has 2 heterocycles. The Morgan fingerprint density at radius 3 is 2.90 bits per heavy atom. The third-order valence-electron chi connectivity index (χ3n) is 3.42. The molecule has 20 heavy (non-hydrogen) atoms. The van der Waals surface area contributed by atoms with E-state index in [2.05, 4.69) is 10.2 Å². The molecule has 1 saturated heterocycles. The molecule has 0 saturated carbocycles. The van der Waals surface area contributed by atoms with Crippen LogP contribution in [0.4, 0.5) is 9.80 Å². The van der Waals surface area contributed by atoms with Gasteiger partial charge in [0.15, 0.2) is 0 Å². The molecule has 1 aromatic rings. The minimum atomic E-state index is -1.02. The minimum Gasteiger partial charge on any atom is -0.478 e. The predicted octanol–water partition coefficient (Wildman–Crippen LogP) is 2.00. The van der Waals surface area contributed by atoms with Crippen molar-refractivity contribution in [3.8, 4) is 0 Å². The molecule has 0 bridgehead atoms. The van der Waals surface area contributed by atoms with Crippen LogP contribution in [-0.4, -0.2) is 59.6 Å². The van der Waals surface area contributed by atoms with E-state index in [0.29, 0.717) is 11.5 Å². The van der Waals surface area contributed by atoms with Gasteiger partial charge >= 0.3 is 12.0 Å². The molecule has 2 N–H and O–H groups in total. The topological polar surface area (TPSA) is 72.9 Å². The summed E-state index contributed by atoms with van der Waals surface area (Å²) in [6, 6.07) is 1.39. The highest BCUT2D eigenvalue weighted by molar-refractivity contribution is 7.14. The van der Waals surface area contributed by atoms with Crippen LogP contribution in [0.3, 0.4) is 0 Å². The van der Waals surface area contributed by atoms with Crippen molar-refractivity contribution < 1.29 is 14.7 Å². The van der Waals surface area contributed by atoms with Crippen LogP contribution in [-0.2, 0) is 0 Å². The van der Waals surface area contributed by atoms with Crippen LogP contribution in [0.2, 0.25) is 0 Å². The van der Waals surface area contributed by atoms with Gasteiger partial charge in [-0.1, -0.05) is 0 Å². The smallest absolute Gasteiger partial charge is 0.338 e. The van der Waals surface area contributed by atoms with Crippen LogP contribution in [0.15, 0.2) is 11.4 Å². The minimum absolute atomic E-state index is 0.107. The highest BCUT2D eigenvalue weighted by Gasteiger charge is 2.25. The lowest BCUT2D eigenvalue weighted by Gasteiger charge is -2.28. The fourth-order valence-corrected chi connectivity index (χ4v) is 3.19. The summed E-state index contributed by atoms with van der Waals surface area (Å²) in [4.78, 5) is 27.3. The monoisotopic (exact) mass is 297 g/mol. The Labute approximate surface area is 122 Å². The first-order valence-electron chi connectivity index (χ1n) is 6.56. The van der Waals surface area contributed by atoms with Crippen LogP contribution >= 0.6 is 11.3 Å². The Kier molecular flexibility index (Phi) is 4.61. The van der Waals surface area contributed by atoms with Gasteiger partial charge in [-0.15, -0.1) is 11.3 Å². The Bertz CT molecular complexity index is 503. The average Bonchev–Trinajstić information content (AvgIpc) is 2.75. The molecule has 2 amide bonds. The number of anilines is 1. The second kappa shape index (κ2) is 6.23. The summed E-state index contributed by atoms with van der Waals surface area (Å²) in [7, 11) is 2.04. The lowest BCUT2D eigenvalue weighted by molar-refractivity contribution is 0.0698. The molecular weight excluding hydrogens is 278 g/mol. The summed E-state index contributed by atoms with van der Waals surface area (Å²) >= 11 is 1.23. The van der Waals surface area contributed by atoms with Crippen LogP contribution in [0.1, 0.15) is 23.7 Å². The molecule has 0 aliphatic carbocycles. The van der Waals surface area contributed by atoms with Crippen LogP contribution < -0.4 is 5.32 Å². The maximum atomic E-state index is 12.3. The number of carbonyl (C=O) groups excluding carboxylic acids is 1. The zero-order valence-electron chi connectivity index (χ0n) is 11.6.